The highest BCUT2D eigenvalue weighted by atomic mass is 35.5. The minimum atomic E-state index is -0.272. The maximum absolute atomic E-state index is 13.0. The number of halogens is 1. The van der Waals surface area contributed by atoms with Gasteiger partial charge in [-0.25, -0.2) is 4.98 Å². The van der Waals surface area contributed by atoms with Gasteiger partial charge in [-0.1, -0.05) is 17.7 Å². The highest BCUT2D eigenvalue weighted by molar-refractivity contribution is 6.35. The number of hydrogen-bond donors (Lipinski definition) is 2. The molecule has 3 aromatic rings. The third-order valence-corrected chi connectivity index (χ3v) is 4.36. The molecule has 0 radical (unpaired) electrons. The summed E-state index contributed by atoms with van der Waals surface area (Å²) >= 11 is 6.19. The van der Waals surface area contributed by atoms with Gasteiger partial charge in [0.05, 0.1) is 33.9 Å². The number of aromatic amines is 1. The van der Waals surface area contributed by atoms with Gasteiger partial charge < -0.3 is 5.73 Å². The molecular formula is C15H14ClN5O. The first kappa shape index (κ1) is 13.5. The van der Waals surface area contributed by atoms with Crippen LogP contribution < -0.4 is 11.3 Å². The standard InChI is InChI=1S/C15H14ClN5O/c16-10-2-1-3-11-12(10)15(22)21(9-6-18-19-7-9)14(20-11)13(17)8-4-5-8/h1-3,6-8,13H,4-5,17H2,(H,18,19)/t13-/m0/s1. The van der Waals surface area contributed by atoms with Crippen LogP contribution in [-0.2, 0) is 0 Å². The number of nitrogens with zero attached hydrogens (tertiary/aromatic N) is 3. The Morgan fingerprint density at radius 1 is 1.41 bits per heavy atom. The van der Waals surface area contributed by atoms with E-state index in [-0.39, 0.29) is 11.6 Å². The van der Waals surface area contributed by atoms with E-state index in [1.54, 1.807) is 30.6 Å². The van der Waals surface area contributed by atoms with Crippen molar-refractivity contribution in [2.24, 2.45) is 11.7 Å². The second kappa shape index (κ2) is 4.93. The molecule has 2 aromatic heterocycles. The molecular weight excluding hydrogens is 302 g/mol. The number of nitrogens with two attached hydrogens (primary N) is 1. The molecule has 0 amide bonds. The zero-order chi connectivity index (χ0) is 15.3. The lowest BCUT2D eigenvalue weighted by Gasteiger charge is -2.17. The predicted octanol–water partition coefficient (Wildman–Crippen LogP) is 2.17. The highest BCUT2D eigenvalue weighted by Crippen LogP contribution is 2.39. The van der Waals surface area contributed by atoms with Crippen molar-refractivity contribution < 1.29 is 0 Å². The van der Waals surface area contributed by atoms with Crippen molar-refractivity contribution in [3.05, 3.63) is 51.8 Å². The number of rotatable bonds is 3. The van der Waals surface area contributed by atoms with Gasteiger partial charge in [-0.15, -0.1) is 0 Å². The summed E-state index contributed by atoms with van der Waals surface area (Å²) in [5, 5.41) is 7.42. The van der Waals surface area contributed by atoms with E-state index in [0.717, 1.165) is 12.8 Å². The summed E-state index contributed by atoms with van der Waals surface area (Å²) in [5.41, 5.74) is 7.29. The van der Waals surface area contributed by atoms with Crippen LogP contribution in [-0.4, -0.2) is 19.7 Å². The van der Waals surface area contributed by atoms with Gasteiger partial charge in [0.25, 0.3) is 5.56 Å². The Morgan fingerprint density at radius 2 is 2.23 bits per heavy atom. The predicted molar refractivity (Wildman–Crippen MR) is 84.1 cm³/mol. The Bertz CT molecular complexity index is 898. The molecule has 112 valence electrons. The SMILES string of the molecule is N[C@H](c1nc2cccc(Cl)c2c(=O)n1-c1cn[nH]c1)C1CC1. The van der Waals surface area contributed by atoms with Crippen LogP contribution in [0.3, 0.4) is 0 Å². The molecule has 1 fully saturated rings. The molecule has 0 aliphatic heterocycles. The molecule has 1 aliphatic carbocycles. The van der Waals surface area contributed by atoms with E-state index in [9.17, 15) is 4.79 Å². The molecule has 1 saturated carbocycles. The molecule has 0 saturated heterocycles. The van der Waals surface area contributed by atoms with Crippen LogP contribution in [0, 0.1) is 5.92 Å². The molecule has 6 nitrogen and oxygen atoms in total. The van der Waals surface area contributed by atoms with Crippen molar-refractivity contribution in [1.29, 1.82) is 0 Å². The Morgan fingerprint density at radius 3 is 2.91 bits per heavy atom. The van der Waals surface area contributed by atoms with Gasteiger partial charge in [0, 0.05) is 6.20 Å². The number of hydrogen-bond acceptors (Lipinski definition) is 4. The number of fused-ring (bicyclic) bond motifs is 1. The number of aromatic nitrogens is 4. The summed E-state index contributed by atoms with van der Waals surface area (Å²) in [6.45, 7) is 0. The van der Waals surface area contributed by atoms with E-state index >= 15 is 0 Å². The van der Waals surface area contributed by atoms with Crippen molar-refractivity contribution >= 4 is 22.5 Å². The number of H-pyrrole nitrogens is 1. The van der Waals surface area contributed by atoms with Crippen molar-refractivity contribution in [2.75, 3.05) is 0 Å². The molecule has 0 spiro atoms. The summed E-state index contributed by atoms with van der Waals surface area (Å²) in [7, 11) is 0. The van der Waals surface area contributed by atoms with Crippen LogP contribution in [0.15, 0.2) is 35.4 Å². The van der Waals surface area contributed by atoms with Crippen LogP contribution >= 0.6 is 11.6 Å². The lowest BCUT2D eigenvalue weighted by Crippen LogP contribution is -2.29. The smallest absolute Gasteiger partial charge is 0.267 e. The Labute approximate surface area is 130 Å². The third-order valence-electron chi connectivity index (χ3n) is 4.04. The van der Waals surface area contributed by atoms with E-state index in [1.807, 2.05) is 0 Å². The van der Waals surface area contributed by atoms with Gasteiger partial charge in [-0.3, -0.25) is 14.5 Å². The fourth-order valence-corrected chi connectivity index (χ4v) is 2.96. The van der Waals surface area contributed by atoms with Crippen molar-refractivity contribution in [2.45, 2.75) is 18.9 Å². The van der Waals surface area contributed by atoms with Crippen molar-refractivity contribution in [1.82, 2.24) is 19.7 Å². The van der Waals surface area contributed by atoms with Gasteiger partial charge in [0.2, 0.25) is 0 Å². The third kappa shape index (κ3) is 2.03. The molecule has 7 heteroatoms. The van der Waals surface area contributed by atoms with Crippen LogP contribution in [0.25, 0.3) is 16.6 Å². The fraction of sp³-hybridized carbons (Fsp3) is 0.267. The quantitative estimate of drug-likeness (QED) is 0.775. The largest absolute Gasteiger partial charge is 0.321 e. The normalized spacial score (nSPS) is 16.1. The molecule has 1 atom stereocenters. The van der Waals surface area contributed by atoms with Crippen LogP contribution in [0.1, 0.15) is 24.7 Å². The Kier molecular flexibility index (Phi) is 3.02. The molecule has 0 bridgehead atoms. The fourth-order valence-electron chi connectivity index (χ4n) is 2.71. The van der Waals surface area contributed by atoms with Gasteiger partial charge >= 0.3 is 0 Å². The van der Waals surface area contributed by atoms with Crippen molar-refractivity contribution in [3.8, 4) is 5.69 Å². The summed E-state index contributed by atoms with van der Waals surface area (Å²) in [6, 6.07) is 4.98. The average molecular weight is 316 g/mol. The number of nitrogens with one attached hydrogen (secondary N) is 1. The van der Waals surface area contributed by atoms with Crippen LogP contribution in [0.4, 0.5) is 0 Å². The lowest BCUT2D eigenvalue weighted by atomic mass is 10.1. The maximum atomic E-state index is 13.0. The van der Waals surface area contributed by atoms with Crippen molar-refractivity contribution in [3.63, 3.8) is 0 Å². The van der Waals surface area contributed by atoms with E-state index in [2.05, 4.69) is 15.2 Å². The van der Waals surface area contributed by atoms with E-state index in [4.69, 9.17) is 17.3 Å². The topological polar surface area (TPSA) is 89.6 Å². The van der Waals surface area contributed by atoms with Crippen LogP contribution in [0.5, 0.6) is 0 Å². The molecule has 1 aromatic carbocycles. The molecule has 2 heterocycles. The molecule has 22 heavy (non-hydrogen) atoms. The summed E-state index contributed by atoms with van der Waals surface area (Å²) in [4.78, 5) is 17.6. The Balaban J connectivity index is 2.08. The first-order valence-corrected chi connectivity index (χ1v) is 7.50. The monoisotopic (exact) mass is 315 g/mol. The van der Waals surface area contributed by atoms with Gasteiger partial charge in [-0.2, -0.15) is 5.10 Å². The second-order valence-electron chi connectivity index (χ2n) is 5.56. The molecule has 0 unspecified atom stereocenters. The van der Waals surface area contributed by atoms with E-state index in [1.165, 1.54) is 4.57 Å². The minimum Gasteiger partial charge on any atom is -0.321 e. The highest BCUT2D eigenvalue weighted by Gasteiger charge is 2.33. The molecule has 1 aliphatic rings. The molecule has 4 rings (SSSR count). The first-order chi connectivity index (χ1) is 10.7. The lowest BCUT2D eigenvalue weighted by molar-refractivity contribution is 0.574. The summed E-state index contributed by atoms with van der Waals surface area (Å²) in [5.74, 6) is 0.936. The zero-order valence-electron chi connectivity index (χ0n) is 11.7. The molecule has 3 N–H and O–H groups in total. The average Bonchev–Trinajstić information content (AvgIpc) is 3.22. The maximum Gasteiger partial charge on any atom is 0.267 e. The van der Waals surface area contributed by atoms with Gasteiger partial charge in [-0.05, 0) is 30.9 Å². The van der Waals surface area contributed by atoms with E-state index in [0.29, 0.717) is 33.4 Å². The summed E-state index contributed by atoms with van der Waals surface area (Å²) < 4.78 is 1.51. The first-order valence-electron chi connectivity index (χ1n) is 7.12. The zero-order valence-corrected chi connectivity index (χ0v) is 12.4. The van der Waals surface area contributed by atoms with Gasteiger partial charge in [0.15, 0.2) is 0 Å². The second-order valence-corrected chi connectivity index (χ2v) is 5.97. The minimum absolute atomic E-state index is 0.219. The number of benzene rings is 1. The van der Waals surface area contributed by atoms with E-state index < -0.39 is 0 Å². The van der Waals surface area contributed by atoms with Gasteiger partial charge in [0.1, 0.15) is 5.82 Å². The summed E-state index contributed by atoms with van der Waals surface area (Å²) in [6.07, 6.45) is 5.36. The Hall–Kier alpha value is -2.18. The van der Waals surface area contributed by atoms with Crippen LogP contribution in [0.2, 0.25) is 5.02 Å².